The number of quaternary nitrogens is 1. The molecule has 9 nitrogen and oxygen atoms in total. The number of hydrogen-bond acceptors (Lipinski definition) is 7. The standard InChI is InChI=1S/C62H116NO8P/c1-6-8-10-12-14-16-18-20-22-24-26-27-28-29-30-31-32-33-34-35-37-39-41-43-45-47-49-51-53-55-62(65)71-60(59-70-72(66,67)69-57-56-63(3,4)5)58-68-61(64)54-52-50-48-46-44-42-40-38-36-25-23-21-19-17-15-13-11-9-7-2/h8,10,14,16,20,22,26-27,60H,6-7,9,11-13,15,17-19,21,23-25,28-59H2,1-5H3/p+1/b10-8-,16-14-,22-20-,27-26-. The fraction of sp³-hybridized carbons (Fsp3) is 0.839. The van der Waals surface area contributed by atoms with Gasteiger partial charge in [-0.3, -0.25) is 18.6 Å². The van der Waals surface area contributed by atoms with E-state index in [2.05, 4.69) is 62.5 Å². The summed E-state index contributed by atoms with van der Waals surface area (Å²) in [5.74, 6) is -0.782. The van der Waals surface area contributed by atoms with E-state index in [1.54, 1.807) is 0 Å². The van der Waals surface area contributed by atoms with Crippen molar-refractivity contribution in [2.24, 2.45) is 0 Å². The van der Waals surface area contributed by atoms with Gasteiger partial charge in [0, 0.05) is 12.8 Å². The van der Waals surface area contributed by atoms with Crippen molar-refractivity contribution in [1.29, 1.82) is 0 Å². The third-order valence-electron chi connectivity index (χ3n) is 13.4. The molecule has 0 radical (unpaired) electrons. The summed E-state index contributed by atoms with van der Waals surface area (Å²) in [4.78, 5) is 35.7. The second-order valence-corrected chi connectivity index (χ2v) is 23.2. The van der Waals surface area contributed by atoms with Gasteiger partial charge in [0.25, 0.3) is 0 Å². The minimum absolute atomic E-state index is 0.0335. The van der Waals surface area contributed by atoms with E-state index in [9.17, 15) is 19.0 Å². The number of nitrogens with zero attached hydrogens (tertiary/aromatic N) is 1. The fourth-order valence-corrected chi connectivity index (χ4v) is 9.46. The topological polar surface area (TPSA) is 108 Å². The van der Waals surface area contributed by atoms with Crippen molar-refractivity contribution in [3.8, 4) is 0 Å². The first-order valence-corrected chi connectivity index (χ1v) is 31.9. The summed E-state index contributed by atoms with van der Waals surface area (Å²) in [6.07, 6.45) is 67.6. The van der Waals surface area contributed by atoms with Crippen LogP contribution >= 0.6 is 7.82 Å². The molecule has 0 aliphatic heterocycles. The highest BCUT2D eigenvalue weighted by molar-refractivity contribution is 7.47. The minimum atomic E-state index is -4.38. The summed E-state index contributed by atoms with van der Waals surface area (Å²) in [5.41, 5.74) is 0. The van der Waals surface area contributed by atoms with Crippen LogP contribution in [0.3, 0.4) is 0 Å². The van der Waals surface area contributed by atoms with Gasteiger partial charge in [0.05, 0.1) is 27.7 Å². The van der Waals surface area contributed by atoms with Gasteiger partial charge in [-0.15, -0.1) is 0 Å². The number of allylic oxidation sites excluding steroid dienone is 8. The van der Waals surface area contributed by atoms with Gasteiger partial charge in [0.2, 0.25) is 0 Å². The number of esters is 2. The first kappa shape index (κ1) is 70.0. The Hall–Kier alpha value is -2.03. The van der Waals surface area contributed by atoms with Crippen molar-refractivity contribution in [3.05, 3.63) is 48.6 Å². The zero-order valence-electron chi connectivity index (χ0n) is 47.9. The molecule has 10 heteroatoms. The second kappa shape index (κ2) is 53.8. The first-order valence-electron chi connectivity index (χ1n) is 30.4. The average molecular weight is 1040 g/mol. The van der Waals surface area contributed by atoms with Crippen molar-refractivity contribution >= 4 is 19.8 Å². The van der Waals surface area contributed by atoms with Gasteiger partial charge in [-0.1, -0.05) is 268 Å². The number of hydrogen-bond donors (Lipinski definition) is 1. The normalized spacial score (nSPS) is 13.6. The number of unbranched alkanes of at least 4 members (excludes halogenated alkanes) is 34. The maximum atomic E-state index is 12.8. The SMILES string of the molecule is CC/C=C\C/C=C\C/C=C\C/C=C\CCCCCCCCCCCCCCCCCCC(=O)OC(COC(=O)CCCCCCCCCCCCCCCCCCCCC)COP(=O)(O)OCC[N+](C)(C)C. The molecule has 0 aromatic carbocycles. The van der Waals surface area contributed by atoms with Crippen LogP contribution in [0.2, 0.25) is 0 Å². The largest absolute Gasteiger partial charge is 0.472 e. The molecule has 0 spiro atoms. The van der Waals surface area contributed by atoms with Crippen LogP contribution < -0.4 is 0 Å². The third-order valence-corrected chi connectivity index (χ3v) is 14.4. The number of phosphoric acid groups is 1. The van der Waals surface area contributed by atoms with Crippen molar-refractivity contribution < 1.29 is 42.1 Å². The maximum Gasteiger partial charge on any atom is 0.472 e. The van der Waals surface area contributed by atoms with E-state index in [1.165, 1.54) is 193 Å². The molecule has 0 amide bonds. The summed E-state index contributed by atoms with van der Waals surface area (Å²) in [6.45, 7) is 4.37. The molecule has 422 valence electrons. The van der Waals surface area contributed by atoms with E-state index in [0.29, 0.717) is 23.9 Å². The lowest BCUT2D eigenvalue weighted by Crippen LogP contribution is -2.37. The number of carbonyl (C=O) groups is 2. The van der Waals surface area contributed by atoms with Gasteiger partial charge in [0.15, 0.2) is 6.10 Å². The van der Waals surface area contributed by atoms with Crippen molar-refractivity contribution in [1.82, 2.24) is 0 Å². The number of rotatable bonds is 56. The predicted molar refractivity (Wildman–Crippen MR) is 307 cm³/mol. The monoisotopic (exact) mass is 1030 g/mol. The Kier molecular flexibility index (Phi) is 52.3. The molecule has 1 N–H and O–H groups in total. The second-order valence-electron chi connectivity index (χ2n) is 21.7. The molecule has 2 atom stereocenters. The number of carbonyl (C=O) groups excluding carboxylic acids is 2. The highest BCUT2D eigenvalue weighted by atomic mass is 31.2. The number of ether oxygens (including phenoxy) is 2. The lowest BCUT2D eigenvalue weighted by Gasteiger charge is -2.24. The van der Waals surface area contributed by atoms with Gasteiger partial charge in [-0.05, 0) is 51.4 Å². The van der Waals surface area contributed by atoms with Crippen LogP contribution in [0.1, 0.15) is 284 Å². The summed E-state index contributed by atoms with van der Waals surface area (Å²) in [5, 5.41) is 0. The number of phosphoric ester groups is 1. The molecule has 0 heterocycles. The van der Waals surface area contributed by atoms with Crippen molar-refractivity contribution in [2.45, 2.75) is 290 Å². The Morgan fingerprint density at radius 1 is 0.444 bits per heavy atom. The minimum Gasteiger partial charge on any atom is -0.462 e. The molecule has 0 aliphatic rings. The summed E-state index contributed by atoms with van der Waals surface area (Å²) in [7, 11) is 1.49. The molecule has 0 fully saturated rings. The Bertz CT molecular complexity index is 1360. The highest BCUT2D eigenvalue weighted by Crippen LogP contribution is 2.43. The van der Waals surface area contributed by atoms with E-state index < -0.39 is 26.5 Å². The molecule has 2 unspecified atom stereocenters. The molecular formula is C62H117NO8P+. The van der Waals surface area contributed by atoms with Crippen LogP contribution in [0, 0.1) is 0 Å². The lowest BCUT2D eigenvalue weighted by molar-refractivity contribution is -0.870. The van der Waals surface area contributed by atoms with Gasteiger partial charge in [-0.25, -0.2) is 4.57 Å². The molecule has 0 aromatic heterocycles. The van der Waals surface area contributed by atoms with Gasteiger partial charge < -0.3 is 18.9 Å². The van der Waals surface area contributed by atoms with Crippen LogP contribution in [0.15, 0.2) is 48.6 Å². The lowest BCUT2D eigenvalue weighted by atomic mass is 10.0. The van der Waals surface area contributed by atoms with Crippen LogP contribution in [0.4, 0.5) is 0 Å². The molecule has 72 heavy (non-hydrogen) atoms. The molecule has 0 aliphatic carbocycles. The van der Waals surface area contributed by atoms with Crippen LogP contribution in [-0.4, -0.2) is 74.9 Å². The molecule has 0 rings (SSSR count). The predicted octanol–water partition coefficient (Wildman–Crippen LogP) is 18.9. The van der Waals surface area contributed by atoms with E-state index in [-0.39, 0.29) is 25.6 Å². The zero-order valence-corrected chi connectivity index (χ0v) is 48.8. The van der Waals surface area contributed by atoms with E-state index in [0.717, 1.165) is 57.8 Å². The van der Waals surface area contributed by atoms with Gasteiger partial charge >= 0.3 is 19.8 Å². The number of likely N-dealkylation sites (N-methyl/N-ethyl adjacent to an activating group) is 1. The quantitative estimate of drug-likeness (QED) is 0.0211. The van der Waals surface area contributed by atoms with E-state index in [1.807, 2.05) is 21.1 Å². The Morgan fingerprint density at radius 3 is 1.18 bits per heavy atom. The third kappa shape index (κ3) is 57.3. The summed E-state index contributed by atoms with van der Waals surface area (Å²) >= 11 is 0. The molecule has 0 bridgehead atoms. The molecule has 0 aromatic rings. The summed E-state index contributed by atoms with van der Waals surface area (Å²) in [6, 6.07) is 0. The van der Waals surface area contributed by atoms with Crippen molar-refractivity contribution in [3.63, 3.8) is 0 Å². The van der Waals surface area contributed by atoms with Crippen LogP contribution in [-0.2, 0) is 32.7 Å². The molecule has 0 saturated heterocycles. The average Bonchev–Trinajstić information content (AvgIpc) is 3.34. The van der Waals surface area contributed by atoms with Crippen molar-refractivity contribution in [2.75, 3.05) is 47.5 Å². The van der Waals surface area contributed by atoms with Crippen LogP contribution in [0.5, 0.6) is 0 Å². The smallest absolute Gasteiger partial charge is 0.462 e. The zero-order chi connectivity index (χ0) is 52.7. The summed E-state index contributed by atoms with van der Waals surface area (Å²) < 4.78 is 34.6. The molecule has 0 saturated carbocycles. The fourth-order valence-electron chi connectivity index (χ4n) is 8.72. The maximum absolute atomic E-state index is 12.8. The highest BCUT2D eigenvalue weighted by Gasteiger charge is 2.27. The van der Waals surface area contributed by atoms with Gasteiger partial charge in [0.1, 0.15) is 19.8 Å². The van der Waals surface area contributed by atoms with Crippen LogP contribution in [0.25, 0.3) is 0 Å². The Balaban J connectivity index is 4.08. The van der Waals surface area contributed by atoms with E-state index >= 15 is 0 Å². The first-order chi connectivity index (χ1) is 35.0. The Morgan fingerprint density at radius 2 is 0.792 bits per heavy atom. The Labute approximate surface area is 445 Å². The van der Waals surface area contributed by atoms with E-state index in [4.69, 9.17) is 18.5 Å². The molecular weight excluding hydrogens is 918 g/mol. The van der Waals surface area contributed by atoms with Gasteiger partial charge in [-0.2, -0.15) is 0 Å².